The minimum atomic E-state index is -1.56. The Balaban J connectivity index is 4.46. The Hall–Kier alpha value is -2.24. The summed E-state index contributed by atoms with van der Waals surface area (Å²) >= 11 is 0. The molecule has 0 aliphatic carbocycles. The first-order valence-corrected chi connectivity index (χ1v) is 6.30. The molecule has 0 bridgehead atoms. The third-order valence-electron chi connectivity index (χ3n) is 2.47. The zero-order chi connectivity index (χ0) is 17.3. The molecule has 8 N–H and O–H groups in total. The van der Waals surface area contributed by atoms with Crippen LogP contribution in [0.1, 0.15) is 6.92 Å². The third kappa shape index (κ3) is 6.97. The van der Waals surface area contributed by atoms with Crippen LogP contribution in [0.15, 0.2) is 0 Å². The molecule has 3 atom stereocenters. The molecule has 0 aromatic carbocycles. The van der Waals surface area contributed by atoms with E-state index in [0.29, 0.717) is 0 Å². The van der Waals surface area contributed by atoms with Crippen LogP contribution in [0.2, 0.25) is 0 Å². The Bertz CT molecular complexity index is 427. The number of nitrogens with one attached hydrogen (secondary N) is 3. The molecule has 0 saturated carbocycles. The molecule has 0 aliphatic heterocycles. The molecule has 0 aliphatic rings. The van der Waals surface area contributed by atoms with Gasteiger partial charge in [-0.05, 0) is 6.92 Å². The van der Waals surface area contributed by atoms with Gasteiger partial charge >= 0.3 is 5.97 Å². The Morgan fingerprint density at radius 1 is 1.00 bits per heavy atom. The molecule has 0 heterocycles. The predicted octanol–water partition coefficient (Wildman–Crippen LogP) is -4.51. The number of aliphatic carboxylic acids is 1. The van der Waals surface area contributed by atoms with Crippen molar-refractivity contribution in [3.8, 4) is 0 Å². The number of hydrogen-bond donors (Lipinski definition) is 7. The summed E-state index contributed by atoms with van der Waals surface area (Å²) in [6.07, 6.45) is 0. The van der Waals surface area contributed by atoms with Crippen molar-refractivity contribution in [1.82, 2.24) is 16.0 Å². The van der Waals surface area contributed by atoms with Gasteiger partial charge in [-0.2, -0.15) is 0 Å². The highest BCUT2D eigenvalue weighted by molar-refractivity contribution is 5.92. The predicted molar refractivity (Wildman–Crippen MR) is 72.3 cm³/mol. The zero-order valence-corrected chi connectivity index (χ0v) is 11.9. The lowest BCUT2D eigenvalue weighted by atomic mass is 10.2. The fourth-order valence-corrected chi connectivity index (χ4v) is 1.23. The second-order valence-electron chi connectivity index (χ2n) is 4.39. The van der Waals surface area contributed by atoms with Crippen LogP contribution in [0.4, 0.5) is 0 Å². The van der Waals surface area contributed by atoms with Gasteiger partial charge in [0, 0.05) is 0 Å². The highest BCUT2D eigenvalue weighted by atomic mass is 16.4. The molecule has 0 aromatic heterocycles. The largest absolute Gasteiger partial charge is 0.480 e. The molecule has 0 aromatic rings. The van der Waals surface area contributed by atoms with Crippen LogP contribution in [-0.2, 0) is 19.2 Å². The summed E-state index contributed by atoms with van der Waals surface area (Å²) < 4.78 is 0. The minimum Gasteiger partial charge on any atom is -0.480 e. The van der Waals surface area contributed by atoms with Gasteiger partial charge in [0.25, 0.3) is 0 Å². The number of carbonyl (C=O) groups is 4. The lowest BCUT2D eigenvalue weighted by Crippen LogP contribution is -2.55. The number of aliphatic hydroxyl groups is 2. The van der Waals surface area contributed by atoms with Crippen molar-refractivity contribution >= 4 is 23.7 Å². The maximum atomic E-state index is 11.7. The molecule has 126 valence electrons. The monoisotopic (exact) mass is 320 g/mol. The SMILES string of the molecule is CC(N)C(=O)NCC(=O)NC(CO)C(=O)NC(CO)C(=O)O. The van der Waals surface area contributed by atoms with E-state index in [9.17, 15) is 19.2 Å². The van der Waals surface area contributed by atoms with Crippen LogP contribution in [0.25, 0.3) is 0 Å². The van der Waals surface area contributed by atoms with Gasteiger partial charge in [-0.1, -0.05) is 0 Å². The van der Waals surface area contributed by atoms with E-state index in [1.807, 2.05) is 5.32 Å². The first kappa shape index (κ1) is 19.8. The zero-order valence-electron chi connectivity index (χ0n) is 11.9. The van der Waals surface area contributed by atoms with E-state index in [1.54, 1.807) is 0 Å². The minimum absolute atomic E-state index is 0.466. The number of aliphatic hydroxyl groups excluding tert-OH is 2. The molecule has 11 nitrogen and oxygen atoms in total. The van der Waals surface area contributed by atoms with Gasteiger partial charge in [0.1, 0.15) is 12.1 Å². The van der Waals surface area contributed by atoms with Crippen molar-refractivity contribution in [3.05, 3.63) is 0 Å². The van der Waals surface area contributed by atoms with E-state index >= 15 is 0 Å². The summed E-state index contributed by atoms with van der Waals surface area (Å²) in [6.45, 7) is -0.696. The Kier molecular flexibility index (Phi) is 8.67. The van der Waals surface area contributed by atoms with Crippen LogP contribution in [0, 0.1) is 0 Å². The number of hydrogen-bond acceptors (Lipinski definition) is 7. The van der Waals surface area contributed by atoms with Gasteiger partial charge in [0.15, 0.2) is 0 Å². The molecule has 3 unspecified atom stereocenters. The van der Waals surface area contributed by atoms with Crippen molar-refractivity contribution < 1.29 is 34.5 Å². The molecular weight excluding hydrogens is 300 g/mol. The molecule has 11 heteroatoms. The Morgan fingerprint density at radius 3 is 1.95 bits per heavy atom. The van der Waals surface area contributed by atoms with Crippen molar-refractivity contribution in [1.29, 1.82) is 0 Å². The van der Waals surface area contributed by atoms with E-state index in [4.69, 9.17) is 21.1 Å². The van der Waals surface area contributed by atoms with E-state index < -0.39 is 61.6 Å². The molecular formula is C11H20N4O7. The van der Waals surface area contributed by atoms with Crippen molar-refractivity contribution in [2.24, 2.45) is 5.73 Å². The molecule has 0 fully saturated rings. The average Bonchev–Trinajstić information content (AvgIpc) is 2.46. The molecule has 0 rings (SSSR count). The van der Waals surface area contributed by atoms with Crippen LogP contribution in [0.5, 0.6) is 0 Å². The van der Waals surface area contributed by atoms with E-state index in [0.717, 1.165) is 0 Å². The van der Waals surface area contributed by atoms with E-state index in [2.05, 4.69) is 10.6 Å². The number of rotatable bonds is 9. The highest BCUT2D eigenvalue weighted by Crippen LogP contribution is 1.89. The van der Waals surface area contributed by atoms with Gasteiger partial charge < -0.3 is 37.0 Å². The molecule has 3 amide bonds. The lowest BCUT2D eigenvalue weighted by Gasteiger charge is -2.19. The standard InChI is InChI=1S/C11H20N4O7/c1-5(12)9(19)13-2-8(18)14-6(3-16)10(20)15-7(4-17)11(21)22/h5-7,16-17H,2-4,12H2,1H3,(H,13,19)(H,14,18)(H,15,20)(H,21,22). The van der Waals surface area contributed by atoms with E-state index in [-0.39, 0.29) is 0 Å². The van der Waals surface area contributed by atoms with Gasteiger partial charge in [-0.15, -0.1) is 0 Å². The number of amides is 3. The Morgan fingerprint density at radius 2 is 1.55 bits per heavy atom. The van der Waals surface area contributed by atoms with Crippen molar-refractivity contribution in [3.63, 3.8) is 0 Å². The smallest absolute Gasteiger partial charge is 0.328 e. The number of carbonyl (C=O) groups excluding carboxylic acids is 3. The number of carboxylic acids is 1. The molecule has 22 heavy (non-hydrogen) atoms. The fraction of sp³-hybridized carbons (Fsp3) is 0.636. The third-order valence-corrected chi connectivity index (χ3v) is 2.47. The van der Waals surface area contributed by atoms with Gasteiger partial charge in [-0.3, -0.25) is 14.4 Å². The molecule has 0 saturated heterocycles. The van der Waals surface area contributed by atoms with Crippen LogP contribution in [-0.4, -0.2) is 76.9 Å². The lowest BCUT2D eigenvalue weighted by molar-refractivity contribution is -0.143. The van der Waals surface area contributed by atoms with Crippen LogP contribution < -0.4 is 21.7 Å². The molecule has 0 radical (unpaired) electrons. The summed E-state index contributed by atoms with van der Waals surface area (Å²) in [6, 6.07) is -3.80. The summed E-state index contributed by atoms with van der Waals surface area (Å²) in [5.74, 6) is -3.82. The highest BCUT2D eigenvalue weighted by Gasteiger charge is 2.25. The maximum Gasteiger partial charge on any atom is 0.328 e. The quantitative estimate of drug-likeness (QED) is 0.221. The second-order valence-corrected chi connectivity index (χ2v) is 4.39. The fourth-order valence-electron chi connectivity index (χ4n) is 1.23. The number of nitrogens with two attached hydrogens (primary N) is 1. The Labute approximate surface area is 125 Å². The first-order chi connectivity index (χ1) is 10.2. The van der Waals surface area contributed by atoms with E-state index in [1.165, 1.54) is 6.92 Å². The van der Waals surface area contributed by atoms with Gasteiger partial charge in [-0.25, -0.2) is 4.79 Å². The average molecular weight is 320 g/mol. The first-order valence-electron chi connectivity index (χ1n) is 6.30. The maximum absolute atomic E-state index is 11.7. The number of carboxylic acid groups (broad SMARTS) is 1. The van der Waals surface area contributed by atoms with Crippen LogP contribution >= 0.6 is 0 Å². The summed E-state index contributed by atoms with van der Waals surface area (Å²) in [5, 5.41) is 32.7. The van der Waals surface area contributed by atoms with Crippen molar-refractivity contribution in [2.45, 2.75) is 25.0 Å². The topological polar surface area (TPSA) is 191 Å². The summed E-state index contributed by atoms with van der Waals surface area (Å²) in [7, 11) is 0. The molecule has 0 spiro atoms. The van der Waals surface area contributed by atoms with Gasteiger partial charge in [0.2, 0.25) is 17.7 Å². The summed E-state index contributed by atoms with van der Waals surface area (Å²) in [5.41, 5.74) is 5.27. The normalized spacial score (nSPS) is 14.4. The van der Waals surface area contributed by atoms with Crippen LogP contribution in [0.3, 0.4) is 0 Å². The summed E-state index contributed by atoms with van der Waals surface area (Å²) in [4.78, 5) is 45.0. The van der Waals surface area contributed by atoms with Gasteiger partial charge in [0.05, 0.1) is 25.8 Å². The second kappa shape index (κ2) is 9.65. The van der Waals surface area contributed by atoms with Crippen molar-refractivity contribution in [2.75, 3.05) is 19.8 Å².